The first-order valence-electron chi connectivity index (χ1n) is 4.54. The van der Waals surface area contributed by atoms with Crippen molar-refractivity contribution in [1.82, 2.24) is 10.2 Å². The van der Waals surface area contributed by atoms with Crippen LogP contribution in [0.1, 0.15) is 0 Å². The van der Waals surface area contributed by atoms with Gasteiger partial charge in [0, 0.05) is 0 Å². The van der Waals surface area contributed by atoms with E-state index in [0.29, 0.717) is 11.6 Å². The summed E-state index contributed by atoms with van der Waals surface area (Å²) in [5.74, 6) is 0.518. The minimum atomic E-state index is -0.650. The largest absolute Gasteiger partial charge is 0.394 e. The van der Waals surface area contributed by atoms with Crippen LogP contribution in [0.3, 0.4) is 0 Å². The SMILES string of the molecule is O=C(CN1CSCC1=O)NC(CO)CO. The van der Waals surface area contributed by atoms with Crippen LogP contribution in [0, 0.1) is 0 Å². The van der Waals surface area contributed by atoms with E-state index in [1.165, 1.54) is 16.7 Å². The van der Waals surface area contributed by atoms with Crippen molar-refractivity contribution in [2.45, 2.75) is 6.04 Å². The topological polar surface area (TPSA) is 89.9 Å². The van der Waals surface area contributed by atoms with Crippen LogP contribution in [-0.2, 0) is 9.59 Å². The number of carbonyl (C=O) groups excluding carboxylic acids is 2. The number of amides is 2. The summed E-state index contributed by atoms with van der Waals surface area (Å²) in [5, 5.41) is 19.9. The molecule has 3 N–H and O–H groups in total. The second kappa shape index (κ2) is 5.94. The highest BCUT2D eigenvalue weighted by Gasteiger charge is 2.23. The van der Waals surface area contributed by atoms with Crippen LogP contribution >= 0.6 is 11.8 Å². The Morgan fingerprint density at radius 2 is 2.20 bits per heavy atom. The molecule has 1 heterocycles. The fourth-order valence-electron chi connectivity index (χ4n) is 1.14. The van der Waals surface area contributed by atoms with Crippen molar-refractivity contribution in [2.75, 3.05) is 31.4 Å². The molecule has 0 aromatic carbocycles. The lowest BCUT2D eigenvalue weighted by molar-refractivity contribution is -0.132. The van der Waals surface area contributed by atoms with Gasteiger partial charge in [-0.25, -0.2) is 0 Å². The van der Waals surface area contributed by atoms with Crippen LogP contribution in [0.25, 0.3) is 0 Å². The summed E-state index contributed by atoms with van der Waals surface area (Å²) in [4.78, 5) is 23.9. The summed E-state index contributed by atoms with van der Waals surface area (Å²) in [6.07, 6.45) is 0. The molecule has 0 bridgehead atoms. The summed E-state index contributed by atoms with van der Waals surface area (Å²) in [5.41, 5.74) is 0. The number of aliphatic hydroxyl groups excluding tert-OH is 2. The molecule has 15 heavy (non-hydrogen) atoms. The second-order valence-corrected chi connectivity index (χ2v) is 4.15. The number of hydrogen-bond acceptors (Lipinski definition) is 5. The van der Waals surface area contributed by atoms with Gasteiger partial charge >= 0.3 is 0 Å². The van der Waals surface area contributed by atoms with E-state index in [1.54, 1.807) is 0 Å². The number of aliphatic hydroxyl groups is 2. The Morgan fingerprint density at radius 1 is 1.53 bits per heavy atom. The summed E-state index contributed by atoms with van der Waals surface area (Å²) in [7, 11) is 0. The van der Waals surface area contributed by atoms with Gasteiger partial charge in [-0.2, -0.15) is 0 Å². The van der Waals surface area contributed by atoms with Crippen molar-refractivity contribution in [3.63, 3.8) is 0 Å². The molecule has 1 aliphatic heterocycles. The van der Waals surface area contributed by atoms with Crippen molar-refractivity contribution in [3.05, 3.63) is 0 Å². The average Bonchev–Trinajstić information content (AvgIpc) is 2.61. The summed E-state index contributed by atoms with van der Waals surface area (Å²) < 4.78 is 0. The third-order valence-corrected chi connectivity index (χ3v) is 2.91. The highest BCUT2D eigenvalue weighted by atomic mass is 32.2. The van der Waals surface area contributed by atoms with Crippen LogP contribution in [0.4, 0.5) is 0 Å². The molecule has 1 rings (SSSR count). The monoisotopic (exact) mass is 234 g/mol. The Morgan fingerprint density at radius 3 is 2.67 bits per heavy atom. The Bertz CT molecular complexity index is 245. The predicted octanol–water partition coefficient (Wildman–Crippen LogP) is -2.01. The molecular weight excluding hydrogens is 220 g/mol. The molecule has 1 fully saturated rings. The van der Waals surface area contributed by atoms with Gasteiger partial charge in [0.25, 0.3) is 0 Å². The van der Waals surface area contributed by atoms with Gasteiger partial charge in [0.1, 0.15) is 6.54 Å². The summed E-state index contributed by atoms with van der Waals surface area (Å²) in [6, 6.07) is -0.650. The first-order valence-corrected chi connectivity index (χ1v) is 5.69. The number of thioether (sulfide) groups is 1. The lowest BCUT2D eigenvalue weighted by Gasteiger charge is -2.17. The smallest absolute Gasteiger partial charge is 0.240 e. The lowest BCUT2D eigenvalue weighted by Crippen LogP contribution is -2.45. The standard InChI is InChI=1S/C8H14N2O4S/c11-2-6(3-12)9-7(13)1-10-5-15-4-8(10)14/h6,11-12H,1-5H2,(H,9,13). The van der Waals surface area contributed by atoms with E-state index in [-0.39, 0.29) is 31.6 Å². The minimum absolute atomic E-state index is 0.0116. The van der Waals surface area contributed by atoms with E-state index in [2.05, 4.69) is 5.32 Å². The van der Waals surface area contributed by atoms with E-state index in [9.17, 15) is 9.59 Å². The van der Waals surface area contributed by atoms with Crippen LogP contribution in [0.5, 0.6) is 0 Å². The molecule has 0 atom stereocenters. The van der Waals surface area contributed by atoms with Crippen LogP contribution in [0.15, 0.2) is 0 Å². The molecule has 0 aromatic heterocycles. The average molecular weight is 234 g/mol. The number of rotatable bonds is 5. The molecule has 0 radical (unpaired) electrons. The predicted molar refractivity (Wildman–Crippen MR) is 55.1 cm³/mol. The highest BCUT2D eigenvalue weighted by molar-refractivity contribution is 8.00. The molecule has 1 saturated heterocycles. The van der Waals surface area contributed by atoms with Gasteiger partial charge in [-0.3, -0.25) is 9.59 Å². The third kappa shape index (κ3) is 3.69. The molecule has 6 nitrogen and oxygen atoms in total. The van der Waals surface area contributed by atoms with Crippen molar-refractivity contribution in [3.8, 4) is 0 Å². The van der Waals surface area contributed by atoms with Gasteiger partial charge in [-0.05, 0) is 0 Å². The highest BCUT2D eigenvalue weighted by Crippen LogP contribution is 2.13. The normalized spacial score (nSPS) is 16.2. The van der Waals surface area contributed by atoms with E-state index >= 15 is 0 Å². The Hall–Kier alpha value is -0.790. The van der Waals surface area contributed by atoms with Crippen molar-refractivity contribution in [1.29, 1.82) is 0 Å². The minimum Gasteiger partial charge on any atom is -0.394 e. The second-order valence-electron chi connectivity index (χ2n) is 3.20. The maximum atomic E-state index is 11.3. The number of carbonyl (C=O) groups is 2. The van der Waals surface area contributed by atoms with Crippen LogP contribution < -0.4 is 5.32 Å². The molecule has 0 aromatic rings. The molecular formula is C8H14N2O4S. The molecule has 86 valence electrons. The first kappa shape index (κ1) is 12.3. The van der Waals surface area contributed by atoms with Crippen molar-refractivity contribution in [2.24, 2.45) is 0 Å². The number of nitrogens with one attached hydrogen (secondary N) is 1. The van der Waals surface area contributed by atoms with Gasteiger partial charge in [0.15, 0.2) is 0 Å². The maximum absolute atomic E-state index is 11.3. The quantitative estimate of drug-likeness (QED) is 0.511. The van der Waals surface area contributed by atoms with Crippen molar-refractivity contribution < 1.29 is 19.8 Å². The zero-order chi connectivity index (χ0) is 11.3. The molecule has 0 saturated carbocycles. The van der Waals surface area contributed by atoms with Crippen LogP contribution in [0.2, 0.25) is 0 Å². The molecule has 7 heteroatoms. The fourth-order valence-corrected chi connectivity index (χ4v) is 2.04. The van der Waals surface area contributed by atoms with Gasteiger partial charge in [-0.1, -0.05) is 0 Å². The lowest BCUT2D eigenvalue weighted by atomic mass is 10.3. The maximum Gasteiger partial charge on any atom is 0.240 e. The van der Waals surface area contributed by atoms with Crippen molar-refractivity contribution >= 4 is 23.6 Å². The van der Waals surface area contributed by atoms with E-state index < -0.39 is 6.04 Å². The van der Waals surface area contributed by atoms with E-state index in [0.717, 1.165) is 0 Å². The van der Waals surface area contributed by atoms with E-state index in [4.69, 9.17) is 10.2 Å². The molecule has 2 amide bonds. The zero-order valence-electron chi connectivity index (χ0n) is 8.18. The Labute approximate surface area is 91.6 Å². The summed E-state index contributed by atoms with van der Waals surface area (Å²) in [6.45, 7) is -0.641. The van der Waals surface area contributed by atoms with Gasteiger partial charge in [0.05, 0.1) is 30.9 Å². The molecule has 1 aliphatic rings. The Balaban J connectivity index is 2.31. The third-order valence-electron chi connectivity index (χ3n) is 1.97. The van der Waals surface area contributed by atoms with E-state index in [1.807, 2.05) is 0 Å². The zero-order valence-corrected chi connectivity index (χ0v) is 9.00. The van der Waals surface area contributed by atoms with Gasteiger partial charge in [0.2, 0.25) is 11.8 Å². The first-order chi connectivity index (χ1) is 7.17. The number of hydrogen-bond donors (Lipinski definition) is 3. The van der Waals surface area contributed by atoms with Gasteiger partial charge in [-0.15, -0.1) is 11.8 Å². The number of nitrogens with zero attached hydrogens (tertiary/aromatic N) is 1. The molecule has 0 unspecified atom stereocenters. The summed E-state index contributed by atoms with van der Waals surface area (Å²) >= 11 is 1.46. The fraction of sp³-hybridized carbons (Fsp3) is 0.750. The van der Waals surface area contributed by atoms with Gasteiger partial charge < -0.3 is 20.4 Å². The Kier molecular flexibility index (Phi) is 4.86. The van der Waals surface area contributed by atoms with Crippen LogP contribution in [-0.4, -0.2) is 64.4 Å². The molecule has 0 spiro atoms. The molecule has 0 aliphatic carbocycles.